The van der Waals surface area contributed by atoms with Crippen LogP contribution in [0.25, 0.3) is 17.4 Å². The number of nitrogens with zero attached hydrogens (tertiary/aromatic N) is 3. The summed E-state index contributed by atoms with van der Waals surface area (Å²) >= 11 is 1.20. The number of allylic oxidation sites excluding steroid dienone is 1. The molecule has 0 radical (unpaired) electrons. The van der Waals surface area contributed by atoms with Gasteiger partial charge in [0.1, 0.15) is 11.5 Å². The molecule has 0 spiro atoms. The first kappa shape index (κ1) is 25.1. The highest BCUT2D eigenvalue weighted by Gasteiger charge is 2.33. The molecule has 3 heterocycles. The zero-order valence-corrected chi connectivity index (χ0v) is 21.7. The largest absolute Gasteiger partial charge is 0.466 e. The lowest BCUT2D eigenvalue weighted by atomic mass is 9.95. The lowest BCUT2D eigenvalue weighted by Crippen LogP contribution is -2.40. The summed E-state index contributed by atoms with van der Waals surface area (Å²) in [6.07, 6.45) is 2.11. The molecule has 0 saturated heterocycles. The lowest BCUT2D eigenvalue weighted by Gasteiger charge is -2.25. The fourth-order valence-corrected chi connectivity index (χ4v) is 5.49. The number of aryl methyl sites for hydroxylation is 1. The molecule has 4 aromatic rings. The number of carbonyl (C=O) groups is 1. The van der Waals surface area contributed by atoms with Gasteiger partial charge in [-0.2, -0.15) is 0 Å². The first-order chi connectivity index (χ1) is 18.3. The van der Waals surface area contributed by atoms with E-state index in [-0.39, 0.29) is 11.2 Å². The molecule has 5 rings (SSSR count). The zero-order valence-electron chi connectivity index (χ0n) is 20.8. The standard InChI is InChI=1S/C28H23N3O6S/c1-4-20-24(27(33)36-3)25(17-8-6-5-7-9-17)30-26(32)23(38-28(30)29-20)15-19-12-13-22(37-19)18-11-10-16(2)21(14-18)31(34)35/h5-15,25H,4H2,1-3H3/b23-15+/t25-/m0/s1. The Morgan fingerprint density at radius 3 is 2.66 bits per heavy atom. The highest BCUT2D eigenvalue weighted by Crippen LogP contribution is 2.32. The van der Waals surface area contributed by atoms with Crippen LogP contribution in [0.4, 0.5) is 5.69 Å². The van der Waals surface area contributed by atoms with Crippen LogP contribution in [0.1, 0.15) is 36.3 Å². The van der Waals surface area contributed by atoms with Crippen molar-refractivity contribution >= 4 is 29.1 Å². The van der Waals surface area contributed by atoms with Gasteiger partial charge in [-0.1, -0.05) is 60.7 Å². The van der Waals surface area contributed by atoms with Gasteiger partial charge in [0, 0.05) is 23.3 Å². The number of benzene rings is 2. The Balaban J connectivity index is 1.63. The van der Waals surface area contributed by atoms with Crippen molar-refractivity contribution in [1.82, 2.24) is 4.57 Å². The van der Waals surface area contributed by atoms with E-state index in [1.807, 2.05) is 37.3 Å². The lowest BCUT2D eigenvalue weighted by molar-refractivity contribution is -0.385. The summed E-state index contributed by atoms with van der Waals surface area (Å²) in [5.41, 5.74) is 2.47. The molecule has 9 nitrogen and oxygen atoms in total. The minimum Gasteiger partial charge on any atom is -0.466 e. The summed E-state index contributed by atoms with van der Waals surface area (Å²) in [6, 6.07) is 16.9. The molecule has 0 unspecified atom stereocenters. The molecule has 0 saturated carbocycles. The second kappa shape index (κ2) is 10.1. The van der Waals surface area contributed by atoms with Crippen LogP contribution in [-0.4, -0.2) is 22.6 Å². The first-order valence-electron chi connectivity index (χ1n) is 11.9. The second-order valence-corrected chi connectivity index (χ2v) is 9.67. The third-order valence-electron chi connectivity index (χ3n) is 6.36. The van der Waals surface area contributed by atoms with E-state index in [9.17, 15) is 19.7 Å². The van der Waals surface area contributed by atoms with E-state index in [0.29, 0.717) is 49.7 Å². The maximum Gasteiger partial charge on any atom is 0.338 e. The number of fused-ring (bicyclic) bond motifs is 1. The Labute approximate surface area is 220 Å². The van der Waals surface area contributed by atoms with E-state index in [2.05, 4.69) is 4.99 Å². The number of methoxy groups -OCH3 is 1. The van der Waals surface area contributed by atoms with Crippen LogP contribution in [0, 0.1) is 17.0 Å². The molecule has 0 fully saturated rings. The Morgan fingerprint density at radius 2 is 1.97 bits per heavy atom. The average molecular weight is 530 g/mol. The number of thiazole rings is 1. The van der Waals surface area contributed by atoms with Gasteiger partial charge < -0.3 is 9.15 Å². The number of nitro groups is 1. The number of nitro benzene ring substituents is 1. The summed E-state index contributed by atoms with van der Waals surface area (Å²) in [6.45, 7) is 3.57. The van der Waals surface area contributed by atoms with Crippen molar-refractivity contribution in [2.75, 3.05) is 7.11 Å². The number of rotatable bonds is 6. The molecule has 10 heteroatoms. The fraction of sp³-hybridized carbons (Fsp3) is 0.179. The van der Waals surface area contributed by atoms with Gasteiger partial charge in [0.2, 0.25) is 0 Å². The number of aromatic nitrogens is 1. The van der Waals surface area contributed by atoms with Crippen LogP contribution >= 0.6 is 11.3 Å². The van der Waals surface area contributed by atoms with Crippen LogP contribution in [0.2, 0.25) is 0 Å². The SMILES string of the molecule is CCC1=C(C(=O)OC)[C@H](c2ccccc2)n2c(s/c(=C/c3ccc(-c4ccc(C)c([N+](=O)[O-])c4)o3)c2=O)=N1. The first-order valence-corrected chi connectivity index (χ1v) is 12.7. The van der Waals surface area contributed by atoms with Gasteiger partial charge in [-0.25, -0.2) is 9.79 Å². The Morgan fingerprint density at radius 1 is 1.21 bits per heavy atom. The quantitative estimate of drug-likeness (QED) is 0.209. The van der Waals surface area contributed by atoms with Gasteiger partial charge in [0.15, 0.2) is 4.80 Å². The van der Waals surface area contributed by atoms with Gasteiger partial charge in [0.05, 0.1) is 33.9 Å². The van der Waals surface area contributed by atoms with E-state index < -0.39 is 16.9 Å². The number of ether oxygens (including phenoxy) is 1. The summed E-state index contributed by atoms with van der Waals surface area (Å²) in [5, 5.41) is 11.3. The van der Waals surface area contributed by atoms with E-state index in [0.717, 1.165) is 5.56 Å². The van der Waals surface area contributed by atoms with Gasteiger partial charge in [0.25, 0.3) is 11.2 Å². The van der Waals surface area contributed by atoms with Crippen molar-refractivity contribution < 1.29 is 18.9 Å². The Hall–Kier alpha value is -4.57. The molecule has 192 valence electrons. The van der Waals surface area contributed by atoms with Gasteiger partial charge in [-0.15, -0.1) is 0 Å². The molecule has 2 aromatic carbocycles. The number of esters is 1. The highest BCUT2D eigenvalue weighted by atomic mass is 32.1. The van der Waals surface area contributed by atoms with Crippen LogP contribution in [0.5, 0.6) is 0 Å². The third kappa shape index (κ3) is 4.39. The molecule has 1 aliphatic heterocycles. The molecular formula is C28H23N3O6S. The fourth-order valence-electron chi connectivity index (χ4n) is 4.49. The summed E-state index contributed by atoms with van der Waals surface area (Å²) in [4.78, 5) is 42.5. The predicted octanol–water partition coefficient (Wildman–Crippen LogP) is 4.27. The molecule has 0 N–H and O–H groups in total. The van der Waals surface area contributed by atoms with Crippen molar-refractivity contribution in [3.8, 4) is 11.3 Å². The Kier molecular flexibility index (Phi) is 6.64. The monoisotopic (exact) mass is 529 g/mol. The van der Waals surface area contributed by atoms with E-state index in [4.69, 9.17) is 9.15 Å². The van der Waals surface area contributed by atoms with Crippen molar-refractivity contribution in [2.24, 2.45) is 4.99 Å². The molecule has 2 aromatic heterocycles. The average Bonchev–Trinajstić information content (AvgIpc) is 3.52. The summed E-state index contributed by atoms with van der Waals surface area (Å²) in [7, 11) is 1.31. The third-order valence-corrected chi connectivity index (χ3v) is 7.34. The molecule has 0 bridgehead atoms. The second-order valence-electron chi connectivity index (χ2n) is 8.66. The number of hydrogen-bond donors (Lipinski definition) is 0. The number of hydrogen-bond acceptors (Lipinski definition) is 8. The Bertz CT molecular complexity index is 1780. The molecule has 38 heavy (non-hydrogen) atoms. The van der Waals surface area contributed by atoms with Gasteiger partial charge in [-0.05, 0) is 31.0 Å². The normalized spacial score (nSPS) is 15.2. The molecule has 1 aliphatic rings. The van der Waals surface area contributed by atoms with Gasteiger partial charge in [-0.3, -0.25) is 19.5 Å². The van der Waals surface area contributed by atoms with Crippen molar-refractivity contribution in [3.63, 3.8) is 0 Å². The van der Waals surface area contributed by atoms with E-state index in [1.54, 1.807) is 37.3 Å². The smallest absolute Gasteiger partial charge is 0.338 e. The maximum absolute atomic E-state index is 13.7. The summed E-state index contributed by atoms with van der Waals surface area (Å²) in [5.74, 6) is 0.319. The highest BCUT2D eigenvalue weighted by molar-refractivity contribution is 7.07. The summed E-state index contributed by atoms with van der Waals surface area (Å²) < 4.78 is 12.9. The van der Waals surface area contributed by atoms with Crippen LogP contribution < -0.4 is 14.9 Å². The zero-order chi connectivity index (χ0) is 27.0. The molecule has 0 amide bonds. The van der Waals surface area contributed by atoms with Crippen molar-refractivity contribution in [3.05, 3.63) is 119 Å². The van der Waals surface area contributed by atoms with Gasteiger partial charge >= 0.3 is 5.97 Å². The minimum absolute atomic E-state index is 0.00260. The molecule has 1 atom stereocenters. The van der Waals surface area contributed by atoms with Crippen LogP contribution in [0.3, 0.4) is 0 Å². The molecule has 0 aliphatic carbocycles. The van der Waals surface area contributed by atoms with Crippen molar-refractivity contribution in [2.45, 2.75) is 26.3 Å². The van der Waals surface area contributed by atoms with Crippen molar-refractivity contribution in [1.29, 1.82) is 0 Å². The minimum atomic E-state index is -0.683. The number of furan rings is 1. The van der Waals surface area contributed by atoms with E-state index in [1.165, 1.54) is 29.1 Å². The predicted molar refractivity (Wildman–Crippen MR) is 142 cm³/mol. The van der Waals surface area contributed by atoms with E-state index >= 15 is 0 Å². The number of carbonyl (C=O) groups excluding carboxylic acids is 1. The van der Waals surface area contributed by atoms with Crippen LogP contribution in [0.15, 0.2) is 86.1 Å². The van der Waals surface area contributed by atoms with Crippen LogP contribution in [-0.2, 0) is 9.53 Å². The maximum atomic E-state index is 13.7. The molecular weight excluding hydrogens is 506 g/mol. The topological polar surface area (TPSA) is 117 Å².